The topological polar surface area (TPSA) is 87.1 Å². The Hall–Kier alpha value is -3.24. The number of hydrogen-bond donors (Lipinski definition) is 1. The first kappa shape index (κ1) is 19.7. The van der Waals surface area contributed by atoms with Crippen LogP contribution < -0.4 is 0 Å². The molecule has 0 bridgehead atoms. The first-order valence-electron chi connectivity index (χ1n) is 9.89. The molecule has 1 atom stereocenters. The normalized spacial score (nSPS) is 16.1. The molecule has 160 valence electrons. The Bertz CT molecular complexity index is 1230. The van der Waals surface area contributed by atoms with E-state index in [1.54, 1.807) is 42.2 Å². The van der Waals surface area contributed by atoms with Crippen molar-refractivity contribution in [2.75, 3.05) is 26.2 Å². The molecular weight excluding hydrogens is 421 g/mol. The maximum Gasteiger partial charge on any atom is 0.289 e. The van der Waals surface area contributed by atoms with Gasteiger partial charge in [-0.1, -0.05) is 29.5 Å². The number of hydrogen-bond acceptors (Lipinski definition) is 7. The van der Waals surface area contributed by atoms with Crippen LogP contribution in [-0.4, -0.2) is 61.6 Å². The van der Waals surface area contributed by atoms with Crippen LogP contribution in [-0.2, 0) is 0 Å². The van der Waals surface area contributed by atoms with Gasteiger partial charge in [-0.25, -0.2) is 9.37 Å². The number of fused-ring (bicyclic) bond motifs is 1. The predicted octanol–water partition coefficient (Wildman–Crippen LogP) is 3.08. The van der Waals surface area contributed by atoms with Crippen molar-refractivity contribution in [1.29, 1.82) is 0 Å². The third-order valence-electron chi connectivity index (χ3n) is 5.45. The number of nitrogens with zero attached hydrogens (tertiary/aromatic N) is 5. The van der Waals surface area contributed by atoms with Crippen LogP contribution in [0.1, 0.15) is 32.9 Å². The van der Waals surface area contributed by atoms with Crippen LogP contribution in [0, 0.1) is 12.7 Å². The number of aryl methyl sites for hydroxylation is 1. The lowest BCUT2D eigenvalue weighted by Gasteiger charge is -2.38. The van der Waals surface area contributed by atoms with Crippen molar-refractivity contribution in [2.45, 2.75) is 13.0 Å². The summed E-state index contributed by atoms with van der Waals surface area (Å²) in [5, 5.41) is 15.1. The van der Waals surface area contributed by atoms with E-state index in [4.69, 9.17) is 4.42 Å². The van der Waals surface area contributed by atoms with E-state index in [0.29, 0.717) is 53.2 Å². The lowest BCUT2D eigenvalue weighted by atomic mass is 10.0. The first-order chi connectivity index (χ1) is 15.0. The van der Waals surface area contributed by atoms with Crippen molar-refractivity contribution >= 4 is 22.2 Å². The van der Waals surface area contributed by atoms with Crippen LogP contribution in [0.5, 0.6) is 5.88 Å². The van der Waals surface area contributed by atoms with Gasteiger partial charge in [0.15, 0.2) is 5.76 Å². The molecule has 1 saturated heterocycles. The number of piperazine rings is 1. The monoisotopic (exact) mass is 441 g/mol. The molecule has 1 unspecified atom stereocenters. The third kappa shape index (κ3) is 3.47. The molecule has 0 saturated carbocycles. The molecule has 4 aromatic rings. The molecule has 1 aliphatic heterocycles. The molecule has 8 nitrogen and oxygen atoms in total. The van der Waals surface area contributed by atoms with Crippen molar-refractivity contribution < 1.29 is 18.7 Å². The molecule has 1 fully saturated rings. The molecule has 1 aliphatic rings. The Morgan fingerprint density at radius 1 is 1.19 bits per heavy atom. The summed E-state index contributed by atoms with van der Waals surface area (Å²) >= 11 is 1.29. The number of halogens is 1. The highest BCUT2D eigenvalue weighted by Gasteiger charge is 2.34. The van der Waals surface area contributed by atoms with E-state index in [2.05, 4.69) is 15.0 Å². The summed E-state index contributed by atoms with van der Waals surface area (Å²) in [6.45, 7) is 3.70. The first-order valence-corrected chi connectivity index (χ1v) is 10.7. The van der Waals surface area contributed by atoms with Crippen LogP contribution in [0.4, 0.5) is 4.39 Å². The predicted molar refractivity (Wildman–Crippen MR) is 112 cm³/mol. The Morgan fingerprint density at radius 2 is 1.97 bits per heavy atom. The van der Waals surface area contributed by atoms with E-state index in [9.17, 15) is 14.3 Å². The highest BCUT2D eigenvalue weighted by Crippen LogP contribution is 2.41. The molecule has 3 aromatic heterocycles. The van der Waals surface area contributed by atoms with Crippen molar-refractivity contribution in [3.8, 4) is 5.88 Å². The number of amides is 1. The van der Waals surface area contributed by atoms with Gasteiger partial charge in [0.25, 0.3) is 5.91 Å². The van der Waals surface area contributed by atoms with Gasteiger partial charge in [-0.2, -0.15) is 4.52 Å². The number of thiazole rings is 1. The van der Waals surface area contributed by atoms with Crippen LogP contribution in [0.2, 0.25) is 0 Å². The number of carbonyl (C=O) groups is 1. The fourth-order valence-corrected chi connectivity index (χ4v) is 5.12. The fraction of sp³-hybridized carbons (Fsp3) is 0.286. The molecule has 0 aliphatic carbocycles. The average molecular weight is 441 g/mol. The minimum Gasteiger partial charge on any atom is -0.492 e. The lowest BCUT2D eigenvalue weighted by molar-refractivity contribution is 0.0565. The van der Waals surface area contributed by atoms with Crippen LogP contribution in [0.15, 0.2) is 47.1 Å². The summed E-state index contributed by atoms with van der Waals surface area (Å²) in [7, 11) is 0. The number of furan rings is 1. The molecule has 1 amide bonds. The largest absolute Gasteiger partial charge is 0.492 e. The standard InChI is InChI=1S/C21H20FN5O3S/c1-13-23-21-27(24-13)20(29)18(31-21)17(14-5-2-3-6-15(14)22)25-8-10-26(11-9-25)19(28)16-7-4-12-30-16/h2-7,12,17,29H,8-11H2,1H3. The molecule has 1 aromatic carbocycles. The zero-order valence-corrected chi connectivity index (χ0v) is 17.5. The molecule has 5 rings (SSSR count). The van der Waals surface area contributed by atoms with Crippen molar-refractivity contribution in [3.05, 3.63) is 70.5 Å². The molecular formula is C21H20FN5O3S. The zero-order chi connectivity index (χ0) is 21.5. The van der Waals surface area contributed by atoms with Gasteiger partial charge in [-0.3, -0.25) is 9.69 Å². The van der Waals surface area contributed by atoms with Crippen LogP contribution >= 0.6 is 11.3 Å². The number of benzene rings is 1. The van der Waals surface area contributed by atoms with Crippen molar-refractivity contribution in [3.63, 3.8) is 0 Å². The summed E-state index contributed by atoms with van der Waals surface area (Å²) < 4.78 is 21.4. The Kier molecular flexibility index (Phi) is 4.95. The molecule has 1 N–H and O–H groups in total. The maximum atomic E-state index is 14.8. The van der Waals surface area contributed by atoms with E-state index in [-0.39, 0.29) is 17.6 Å². The summed E-state index contributed by atoms with van der Waals surface area (Å²) in [5.74, 6) is 0.307. The maximum absolute atomic E-state index is 14.8. The molecule has 0 spiro atoms. The smallest absolute Gasteiger partial charge is 0.289 e. The zero-order valence-electron chi connectivity index (χ0n) is 16.7. The van der Waals surface area contributed by atoms with E-state index in [1.807, 2.05) is 0 Å². The van der Waals surface area contributed by atoms with Gasteiger partial charge in [0.05, 0.1) is 17.2 Å². The lowest BCUT2D eigenvalue weighted by Crippen LogP contribution is -2.49. The van der Waals surface area contributed by atoms with E-state index in [1.165, 1.54) is 28.2 Å². The number of aromatic nitrogens is 3. The van der Waals surface area contributed by atoms with E-state index < -0.39 is 6.04 Å². The van der Waals surface area contributed by atoms with Gasteiger partial charge < -0.3 is 14.4 Å². The summed E-state index contributed by atoms with van der Waals surface area (Å²) in [4.78, 5) is 21.9. The van der Waals surface area contributed by atoms with Gasteiger partial charge in [0, 0.05) is 31.7 Å². The summed E-state index contributed by atoms with van der Waals surface area (Å²) in [6, 6.07) is 9.37. The quantitative estimate of drug-likeness (QED) is 0.524. The molecule has 31 heavy (non-hydrogen) atoms. The van der Waals surface area contributed by atoms with Crippen molar-refractivity contribution in [2.24, 2.45) is 0 Å². The minimum atomic E-state index is -0.518. The highest BCUT2D eigenvalue weighted by atomic mass is 32.1. The van der Waals surface area contributed by atoms with E-state index >= 15 is 0 Å². The Morgan fingerprint density at radius 3 is 2.65 bits per heavy atom. The molecule has 10 heteroatoms. The number of carbonyl (C=O) groups excluding carboxylic acids is 1. The number of aromatic hydroxyl groups is 1. The molecule has 4 heterocycles. The highest BCUT2D eigenvalue weighted by molar-refractivity contribution is 7.17. The van der Waals surface area contributed by atoms with Gasteiger partial charge in [0.1, 0.15) is 11.6 Å². The second kappa shape index (κ2) is 7.78. The Labute approximate surface area is 181 Å². The van der Waals surface area contributed by atoms with Gasteiger partial charge in [-0.05, 0) is 25.1 Å². The van der Waals surface area contributed by atoms with Crippen LogP contribution in [0.25, 0.3) is 4.96 Å². The Balaban J connectivity index is 1.47. The second-order valence-electron chi connectivity index (χ2n) is 7.37. The third-order valence-corrected chi connectivity index (χ3v) is 6.52. The average Bonchev–Trinajstić information content (AvgIpc) is 3.49. The summed E-state index contributed by atoms with van der Waals surface area (Å²) in [5.41, 5.74) is 0.463. The summed E-state index contributed by atoms with van der Waals surface area (Å²) in [6.07, 6.45) is 1.48. The molecule has 0 radical (unpaired) electrons. The van der Waals surface area contributed by atoms with E-state index in [0.717, 1.165) is 0 Å². The van der Waals surface area contributed by atoms with Gasteiger partial charge in [0.2, 0.25) is 10.8 Å². The van der Waals surface area contributed by atoms with Gasteiger partial charge in [-0.15, -0.1) is 5.10 Å². The number of rotatable bonds is 4. The second-order valence-corrected chi connectivity index (χ2v) is 8.38. The van der Waals surface area contributed by atoms with Crippen LogP contribution in [0.3, 0.4) is 0 Å². The van der Waals surface area contributed by atoms with Crippen molar-refractivity contribution in [1.82, 2.24) is 24.4 Å². The van der Waals surface area contributed by atoms with Gasteiger partial charge >= 0.3 is 0 Å². The fourth-order valence-electron chi connectivity index (χ4n) is 3.97. The SMILES string of the molecule is Cc1nc2sc(C(c3ccccc3F)N3CCN(C(=O)c4ccco4)CC3)c(O)n2n1. The minimum absolute atomic E-state index is 0.0389.